The van der Waals surface area contributed by atoms with E-state index >= 15 is 0 Å². The normalized spacial score (nSPS) is 17.2. The molecule has 3 nitrogen and oxygen atoms in total. The van der Waals surface area contributed by atoms with Gasteiger partial charge in [-0.15, -0.1) is 0 Å². The second kappa shape index (κ2) is 6.46. The number of halogens is 2. The highest BCUT2D eigenvalue weighted by atomic mass is 19.1. The minimum atomic E-state index is -0.709. The molecule has 0 unspecified atom stereocenters. The molecular formula is C17H20F2N2O. The summed E-state index contributed by atoms with van der Waals surface area (Å²) in [5.74, 6) is -1.65. The van der Waals surface area contributed by atoms with Gasteiger partial charge in [0, 0.05) is 23.7 Å². The zero-order valence-electron chi connectivity index (χ0n) is 12.4. The van der Waals surface area contributed by atoms with Gasteiger partial charge in [-0.2, -0.15) is 0 Å². The fourth-order valence-electron chi connectivity index (χ4n) is 3.23. The molecule has 0 radical (unpaired) electrons. The Morgan fingerprint density at radius 3 is 2.50 bits per heavy atom. The van der Waals surface area contributed by atoms with E-state index in [-0.39, 0.29) is 22.9 Å². The second-order valence-electron chi connectivity index (χ2n) is 6.03. The Morgan fingerprint density at radius 2 is 1.77 bits per heavy atom. The number of benzene rings is 1. The molecule has 0 bridgehead atoms. The molecule has 1 aliphatic rings. The molecule has 0 spiro atoms. The lowest BCUT2D eigenvalue weighted by molar-refractivity contribution is 0.0932. The zero-order chi connectivity index (χ0) is 15.5. The van der Waals surface area contributed by atoms with Crippen molar-refractivity contribution in [2.45, 2.75) is 51.0 Å². The highest BCUT2D eigenvalue weighted by molar-refractivity contribution is 6.07. The number of hydrogen-bond acceptors (Lipinski definition) is 1. The largest absolute Gasteiger partial charge is 0.360 e. The van der Waals surface area contributed by atoms with E-state index in [4.69, 9.17) is 0 Å². The quantitative estimate of drug-likeness (QED) is 0.854. The van der Waals surface area contributed by atoms with Crippen molar-refractivity contribution in [2.75, 3.05) is 0 Å². The number of hydrogen-bond donors (Lipinski definition) is 2. The van der Waals surface area contributed by atoms with Crippen molar-refractivity contribution in [3.63, 3.8) is 0 Å². The average molecular weight is 306 g/mol. The smallest absolute Gasteiger partial charge is 0.253 e. The summed E-state index contributed by atoms with van der Waals surface area (Å²) in [7, 11) is 0. The van der Waals surface area contributed by atoms with E-state index in [0.717, 1.165) is 31.7 Å². The predicted molar refractivity (Wildman–Crippen MR) is 81.8 cm³/mol. The van der Waals surface area contributed by atoms with Gasteiger partial charge in [-0.3, -0.25) is 4.79 Å². The van der Waals surface area contributed by atoms with Crippen molar-refractivity contribution in [3.8, 4) is 0 Å². The SMILES string of the molecule is O=C(NC1CCCCCCC1)c1c[nH]c2cc(F)cc(F)c12. The molecule has 0 atom stereocenters. The number of aromatic nitrogens is 1. The minimum absolute atomic E-state index is 0.140. The molecule has 0 saturated heterocycles. The van der Waals surface area contributed by atoms with Crippen molar-refractivity contribution < 1.29 is 13.6 Å². The monoisotopic (exact) mass is 306 g/mol. The summed E-state index contributed by atoms with van der Waals surface area (Å²) in [6.07, 6.45) is 9.26. The van der Waals surface area contributed by atoms with Crippen molar-refractivity contribution in [2.24, 2.45) is 0 Å². The summed E-state index contributed by atoms with van der Waals surface area (Å²) in [6.45, 7) is 0. The summed E-state index contributed by atoms with van der Waals surface area (Å²) in [6, 6.07) is 2.15. The van der Waals surface area contributed by atoms with Crippen molar-refractivity contribution in [1.29, 1.82) is 0 Å². The van der Waals surface area contributed by atoms with Gasteiger partial charge < -0.3 is 10.3 Å². The van der Waals surface area contributed by atoms with Crippen LogP contribution in [0.5, 0.6) is 0 Å². The van der Waals surface area contributed by atoms with E-state index in [2.05, 4.69) is 10.3 Å². The van der Waals surface area contributed by atoms with E-state index in [9.17, 15) is 13.6 Å². The highest BCUT2D eigenvalue weighted by Gasteiger charge is 2.20. The van der Waals surface area contributed by atoms with Crippen molar-refractivity contribution >= 4 is 16.8 Å². The molecule has 1 aliphatic carbocycles. The maximum absolute atomic E-state index is 14.0. The first kappa shape index (κ1) is 15.0. The summed E-state index contributed by atoms with van der Waals surface area (Å²) in [4.78, 5) is 15.2. The number of nitrogens with one attached hydrogen (secondary N) is 2. The number of carbonyl (C=O) groups is 1. The van der Waals surface area contributed by atoms with E-state index in [1.54, 1.807) is 0 Å². The first-order valence-corrected chi connectivity index (χ1v) is 7.92. The van der Waals surface area contributed by atoms with Gasteiger partial charge in [-0.1, -0.05) is 32.1 Å². The number of rotatable bonds is 2. The topological polar surface area (TPSA) is 44.9 Å². The van der Waals surface area contributed by atoms with Crippen LogP contribution in [0.1, 0.15) is 55.3 Å². The predicted octanol–water partition coefficient (Wildman–Crippen LogP) is 4.29. The third-order valence-corrected chi connectivity index (χ3v) is 4.38. The minimum Gasteiger partial charge on any atom is -0.360 e. The molecule has 22 heavy (non-hydrogen) atoms. The van der Waals surface area contributed by atoms with Crippen LogP contribution >= 0.6 is 0 Å². The fourth-order valence-corrected chi connectivity index (χ4v) is 3.23. The van der Waals surface area contributed by atoms with Gasteiger partial charge in [-0.25, -0.2) is 8.78 Å². The van der Waals surface area contributed by atoms with Gasteiger partial charge in [0.25, 0.3) is 5.91 Å². The molecule has 3 rings (SSSR count). The molecule has 1 aromatic heterocycles. The van der Waals surface area contributed by atoms with Crippen LogP contribution in [0.4, 0.5) is 8.78 Å². The Kier molecular flexibility index (Phi) is 4.41. The van der Waals surface area contributed by atoms with Crippen molar-refractivity contribution in [1.82, 2.24) is 10.3 Å². The molecule has 1 saturated carbocycles. The third kappa shape index (κ3) is 3.13. The van der Waals surface area contributed by atoms with Gasteiger partial charge in [0.2, 0.25) is 0 Å². The maximum Gasteiger partial charge on any atom is 0.253 e. The van der Waals surface area contributed by atoms with Crippen LogP contribution in [0, 0.1) is 11.6 Å². The maximum atomic E-state index is 14.0. The van der Waals surface area contributed by atoms with Gasteiger partial charge >= 0.3 is 0 Å². The summed E-state index contributed by atoms with van der Waals surface area (Å²) in [5.41, 5.74) is 0.551. The zero-order valence-corrected chi connectivity index (χ0v) is 12.4. The van der Waals surface area contributed by atoms with Crippen LogP contribution in [0.15, 0.2) is 18.3 Å². The Bertz CT molecular complexity index is 673. The van der Waals surface area contributed by atoms with E-state index in [1.807, 2.05) is 0 Å². The Balaban J connectivity index is 1.80. The van der Waals surface area contributed by atoms with Crippen LogP contribution in [0.3, 0.4) is 0 Å². The molecule has 1 amide bonds. The van der Waals surface area contributed by atoms with Crippen LogP contribution in [0.2, 0.25) is 0 Å². The molecule has 2 aromatic rings. The first-order valence-electron chi connectivity index (χ1n) is 7.92. The van der Waals surface area contributed by atoms with Crippen LogP contribution in [-0.4, -0.2) is 16.9 Å². The van der Waals surface area contributed by atoms with Gasteiger partial charge in [0.05, 0.1) is 11.1 Å². The second-order valence-corrected chi connectivity index (χ2v) is 6.03. The molecule has 0 aliphatic heterocycles. The van der Waals surface area contributed by atoms with Gasteiger partial charge in [0.15, 0.2) is 0 Å². The highest BCUT2D eigenvalue weighted by Crippen LogP contribution is 2.24. The van der Waals surface area contributed by atoms with Gasteiger partial charge in [0.1, 0.15) is 11.6 Å². The Hall–Kier alpha value is -1.91. The van der Waals surface area contributed by atoms with E-state index in [0.29, 0.717) is 5.52 Å². The van der Waals surface area contributed by atoms with E-state index < -0.39 is 11.6 Å². The number of fused-ring (bicyclic) bond motifs is 1. The molecule has 2 N–H and O–H groups in total. The van der Waals surface area contributed by atoms with Gasteiger partial charge in [-0.05, 0) is 18.9 Å². The number of aromatic amines is 1. The molecule has 118 valence electrons. The number of carbonyl (C=O) groups excluding carboxylic acids is 1. The average Bonchev–Trinajstić information content (AvgIpc) is 2.85. The molecule has 1 aromatic carbocycles. The fraction of sp³-hybridized carbons (Fsp3) is 0.471. The lowest BCUT2D eigenvalue weighted by Gasteiger charge is -2.20. The lowest BCUT2D eigenvalue weighted by atomic mass is 9.96. The summed E-state index contributed by atoms with van der Waals surface area (Å²) < 4.78 is 27.2. The Morgan fingerprint density at radius 1 is 1.09 bits per heavy atom. The molecule has 1 heterocycles. The summed E-state index contributed by atoms with van der Waals surface area (Å²) >= 11 is 0. The van der Waals surface area contributed by atoms with Crippen LogP contribution in [0.25, 0.3) is 10.9 Å². The van der Waals surface area contributed by atoms with Crippen LogP contribution < -0.4 is 5.32 Å². The first-order chi connectivity index (χ1) is 10.6. The molecular weight excluding hydrogens is 286 g/mol. The number of amides is 1. The summed E-state index contributed by atoms with van der Waals surface area (Å²) in [5, 5.41) is 3.16. The Labute approximate surface area is 128 Å². The lowest BCUT2D eigenvalue weighted by Crippen LogP contribution is -2.35. The van der Waals surface area contributed by atoms with Crippen LogP contribution in [-0.2, 0) is 0 Å². The third-order valence-electron chi connectivity index (χ3n) is 4.38. The van der Waals surface area contributed by atoms with Crippen molar-refractivity contribution in [3.05, 3.63) is 35.5 Å². The van der Waals surface area contributed by atoms with E-state index in [1.165, 1.54) is 31.5 Å². The number of H-pyrrole nitrogens is 1. The molecule has 1 fully saturated rings. The molecule has 5 heteroatoms. The standard InChI is InChI=1S/C17H20F2N2O/c18-11-8-14(19)16-13(10-20-15(16)9-11)17(22)21-12-6-4-2-1-3-5-7-12/h8-10,12,20H,1-7H2,(H,21,22).